The van der Waals surface area contributed by atoms with Crippen LogP contribution in [0.25, 0.3) is 21.8 Å². The molecule has 194 valence electrons. The van der Waals surface area contributed by atoms with E-state index in [2.05, 4.69) is 0 Å². The number of nitrogens with zero attached hydrogens (tertiary/aromatic N) is 1. The molecular formula is C22H23F6NO4S2. The second kappa shape index (κ2) is 9.64. The number of fused-ring (bicyclic) bond motifs is 3. The minimum atomic E-state index is -5.67. The second-order valence-electron chi connectivity index (χ2n) is 8.18. The fraction of sp³-hybridized carbons (Fsp3) is 0.455. The second-order valence-corrected chi connectivity index (χ2v) is 12.1. The molecule has 0 aliphatic carbocycles. The van der Waals surface area contributed by atoms with Crippen LogP contribution in [0.4, 0.5) is 26.3 Å². The van der Waals surface area contributed by atoms with E-state index in [0.29, 0.717) is 17.2 Å². The highest BCUT2D eigenvalue weighted by Gasteiger charge is 2.48. The fourth-order valence-electron chi connectivity index (χ4n) is 3.95. The van der Waals surface area contributed by atoms with E-state index >= 15 is 0 Å². The monoisotopic (exact) mass is 543 g/mol. The summed E-state index contributed by atoms with van der Waals surface area (Å²) < 4.78 is 128. The van der Waals surface area contributed by atoms with Crippen LogP contribution in [-0.4, -0.2) is 32.4 Å². The first-order chi connectivity index (χ1) is 16.1. The number of hydrogen-bond donors (Lipinski definition) is 0. The first-order valence-electron chi connectivity index (χ1n) is 10.8. The van der Waals surface area contributed by atoms with E-state index in [1.165, 1.54) is 4.57 Å². The molecule has 0 bridgehead atoms. The van der Waals surface area contributed by atoms with E-state index in [1.54, 1.807) is 0 Å². The Morgan fingerprint density at radius 1 is 0.657 bits per heavy atom. The van der Waals surface area contributed by atoms with E-state index in [-0.39, 0.29) is 17.6 Å². The maximum Gasteiger partial charge on any atom is 0.501 e. The van der Waals surface area contributed by atoms with Crippen molar-refractivity contribution in [2.75, 3.05) is 0 Å². The number of alkyl halides is 6. The summed E-state index contributed by atoms with van der Waals surface area (Å²) in [6, 6.07) is 5.50. The molecular weight excluding hydrogens is 520 g/mol. The summed E-state index contributed by atoms with van der Waals surface area (Å²) in [4.78, 5) is -2.01. The van der Waals surface area contributed by atoms with Crippen molar-refractivity contribution in [2.24, 2.45) is 0 Å². The quantitative estimate of drug-likeness (QED) is 0.221. The van der Waals surface area contributed by atoms with Gasteiger partial charge in [0.05, 0.1) is 20.8 Å². The highest BCUT2D eigenvalue weighted by molar-refractivity contribution is 7.92. The van der Waals surface area contributed by atoms with E-state index < -0.39 is 40.5 Å². The maximum atomic E-state index is 13.1. The van der Waals surface area contributed by atoms with Gasteiger partial charge in [0.2, 0.25) is 0 Å². The van der Waals surface area contributed by atoms with Crippen LogP contribution in [0, 0.1) is 0 Å². The van der Waals surface area contributed by atoms with E-state index in [4.69, 9.17) is 0 Å². The van der Waals surface area contributed by atoms with Crippen LogP contribution in [-0.2, 0) is 26.2 Å². The Morgan fingerprint density at radius 3 is 1.46 bits per heavy atom. The first-order valence-corrected chi connectivity index (χ1v) is 13.8. The molecule has 3 aromatic rings. The number of aryl methyl sites for hydroxylation is 1. The van der Waals surface area contributed by atoms with Gasteiger partial charge in [-0.1, -0.05) is 51.2 Å². The van der Waals surface area contributed by atoms with Gasteiger partial charge in [-0.15, -0.1) is 0 Å². The topological polar surface area (TPSA) is 73.2 Å². The van der Waals surface area contributed by atoms with E-state index in [9.17, 15) is 43.2 Å². The summed E-state index contributed by atoms with van der Waals surface area (Å²) in [5.74, 6) is 0. The highest BCUT2D eigenvalue weighted by Crippen LogP contribution is 2.38. The zero-order valence-electron chi connectivity index (χ0n) is 18.6. The summed E-state index contributed by atoms with van der Waals surface area (Å²) in [5.41, 5.74) is -11.0. The Kier molecular flexibility index (Phi) is 7.52. The largest absolute Gasteiger partial charge is 0.501 e. The molecule has 2 aromatic carbocycles. The molecule has 3 rings (SSSR count). The number of benzene rings is 2. The molecule has 0 atom stereocenters. The third-order valence-corrected chi connectivity index (χ3v) is 8.74. The van der Waals surface area contributed by atoms with E-state index in [1.807, 2.05) is 6.92 Å². The number of aromatic nitrogens is 1. The van der Waals surface area contributed by atoms with Gasteiger partial charge in [-0.05, 0) is 30.7 Å². The number of halogens is 6. The average Bonchev–Trinajstić information content (AvgIpc) is 3.07. The zero-order chi connectivity index (χ0) is 26.2. The SMILES string of the molecule is CCCCCCCCn1c2cc(S(=O)(=O)C(F)(F)F)ccc2c2ccc(S(=O)(=O)C(F)(F)F)cc21. The predicted molar refractivity (Wildman–Crippen MR) is 119 cm³/mol. The molecule has 0 saturated carbocycles. The van der Waals surface area contributed by atoms with Crippen LogP contribution in [0.5, 0.6) is 0 Å². The summed E-state index contributed by atoms with van der Waals surface area (Å²) in [6.45, 7) is 2.19. The van der Waals surface area contributed by atoms with Crippen molar-refractivity contribution in [3.63, 3.8) is 0 Å². The van der Waals surface area contributed by atoms with Gasteiger partial charge in [0.1, 0.15) is 0 Å². The van der Waals surface area contributed by atoms with Gasteiger partial charge in [0, 0.05) is 17.3 Å². The molecule has 1 heterocycles. The number of unbranched alkanes of at least 4 members (excludes halogenated alkanes) is 5. The minimum Gasteiger partial charge on any atom is -0.340 e. The molecule has 0 aliphatic rings. The van der Waals surface area contributed by atoms with Crippen molar-refractivity contribution in [1.29, 1.82) is 0 Å². The number of sulfone groups is 2. The molecule has 0 unspecified atom stereocenters. The third-order valence-electron chi connectivity index (χ3n) is 5.78. The van der Waals surface area contributed by atoms with Crippen LogP contribution >= 0.6 is 0 Å². The lowest BCUT2D eigenvalue weighted by Gasteiger charge is -2.11. The van der Waals surface area contributed by atoms with Gasteiger partial charge >= 0.3 is 11.0 Å². The van der Waals surface area contributed by atoms with Crippen LogP contribution in [0.15, 0.2) is 46.2 Å². The normalized spacial score (nSPS) is 13.7. The standard InChI is InChI=1S/C22H23F6NO4S2/c1-2-3-4-5-6-7-12-29-19-13-15(34(30,31)21(23,24)25)8-10-17(19)18-11-9-16(14-20(18)29)35(32,33)22(26,27)28/h8-11,13-14H,2-7,12H2,1H3. The van der Waals surface area contributed by atoms with Gasteiger partial charge in [0.25, 0.3) is 19.7 Å². The number of hydrogen-bond acceptors (Lipinski definition) is 4. The third kappa shape index (κ3) is 5.16. The van der Waals surface area contributed by atoms with Crippen molar-refractivity contribution < 1.29 is 43.2 Å². The molecule has 0 aliphatic heterocycles. The molecule has 0 radical (unpaired) electrons. The predicted octanol–water partition coefficient (Wildman–Crippen LogP) is 6.74. The smallest absolute Gasteiger partial charge is 0.340 e. The van der Waals surface area contributed by atoms with Crippen molar-refractivity contribution in [1.82, 2.24) is 4.57 Å². The molecule has 1 aromatic heterocycles. The van der Waals surface area contributed by atoms with Crippen LogP contribution in [0.1, 0.15) is 45.4 Å². The van der Waals surface area contributed by atoms with Crippen LogP contribution in [0.2, 0.25) is 0 Å². The average molecular weight is 544 g/mol. The van der Waals surface area contributed by atoms with Crippen molar-refractivity contribution >= 4 is 41.5 Å². The minimum absolute atomic E-state index is 0.0560. The molecule has 35 heavy (non-hydrogen) atoms. The maximum absolute atomic E-state index is 13.1. The van der Waals surface area contributed by atoms with Gasteiger partial charge in [-0.3, -0.25) is 0 Å². The lowest BCUT2D eigenvalue weighted by molar-refractivity contribution is -0.0442. The van der Waals surface area contributed by atoms with Crippen LogP contribution < -0.4 is 0 Å². The lowest BCUT2D eigenvalue weighted by atomic mass is 10.1. The highest BCUT2D eigenvalue weighted by atomic mass is 32.2. The summed E-state index contributed by atoms with van der Waals surface area (Å²) >= 11 is 0. The van der Waals surface area contributed by atoms with Crippen molar-refractivity contribution in [2.45, 2.75) is 72.8 Å². The Morgan fingerprint density at radius 2 is 1.06 bits per heavy atom. The van der Waals surface area contributed by atoms with Gasteiger partial charge in [0.15, 0.2) is 0 Å². The Balaban J connectivity index is 2.19. The molecule has 0 saturated heterocycles. The summed E-state index contributed by atoms with van der Waals surface area (Å²) in [5, 5.41) is 0.589. The van der Waals surface area contributed by atoms with Gasteiger partial charge in [-0.2, -0.15) is 26.3 Å². The van der Waals surface area contributed by atoms with E-state index in [0.717, 1.165) is 68.5 Å². The molecule has 0 fully saturated rings. The molecule has 0 spiro atoms. The molecule has 5 nitrogen and oxygen atoms in total. The van der Waals surface area contributed by atoms with Crippen molar-refractivity contribution in [3.8, 4) is 0 Å². The Bertz CT molecular complexity index is 1340. The van der Waals surface area contributed by atoms with Gasteiger partial charge in [-0.25, -0.2) is 16.8 Å². The lowest BCUT2D eigenvalue weighted by Crippen LogP contribution is -2.23. The van der Waals surface area contributed by atoms with Crippen LogP contribution in [0.3, 0.4) is 0 Å². The van der Waals surface area contributed by atoms with Crippen molar-refractivity contribution in [3.05, 3.63) is 36.4 Å². The summed E-state index contributed by atoms with van der Waals surface area (Å²) in [7, 11) is -11.3. The van der Waals surface area contributed by atoms with Gasteiger partial charge < -0.3 is 4.57 Å². The summed E-state index contributed by atoms with van der Waals surface area (Å²) in [6.07, 6.45) is 5.10. The molecule has 13 heteroatoms. The fourth-order valence-corrected chi connectivity index (χ4v) is 5.51. The first kappa shape index (κ1) is 27.3. The molecule has 0 N–H and O–H groups in total. The number of rotatable bonds is 9. The Hall–Kier alpha value is -2.28. The zero-order valence-corrected chi connectivity index (χ0v) is 20.2. The Labute approximate surface area is 198 Å². The molecule has 0 amide bonds.